The Labute approximate surface area is 116 Å². The number of rotatable bonds is 6. The zero-order chi connectivity index (χ0) is 13.5. The molecule has 2 N–H and O–H groups in total. The molecule has 3 heteroatoms. The van der Waals surface area contributed by atoms with Gasteiger partial charge in [0.15, 0.2) is 0 Å². The first-order chi connectivity index (χ1) is 9.33. The van der Waals surface area contributed by atoms with Gasteiger partial charge in [0.2, 0.25) is 0 Å². The summed E-state index contributed by atoms with van der Waals surface area (Å²) in [5.41, 5.74) is 5.92. The van der Waals surface area contributed by atoms with E-state index in [2.05, 4.69) is 0 Å². The van der Waals surface area contributed by atoms with E-state index in [0.717, 1.165) is 17.4 Å². The maximum absolute atomic E-state index is 5.92. The summed E-state index contributed by atoms with van der Waals surface area (Å²) in [6.07, 6.45) is 6.69. The Morgan fingerprint density at radius 3 is 2.63 bits per heavy atom. The molecule has 0 radical (unpaired) electrons. The molecule has 3 nitrogen and oxygen atoms in total. The lowest BCUT2D eigenvalue weighted by molar-refractivity contribution is 0.167. The second-order valence-corrected chi connectivity index (χ2v) is 5.38. The zero-order valence-corrected chi connectivity index (χ0v) is 11.8. The van der Waals surface area contributed by atoms with Crippen LogP contribution < -0.4 is 15.2 Å². The van der Waals surface area contributed by atoms with E-state index < -0.39 is 0 Å². The first-order valence-electron chi connectivity index (χ1n) is 7.30. The molecule has 1 saturated carbocycles. The van der Waals surface area contributed by atoms with Gasteiger partial charge in [-0.15, -0.1) is 0 Å². The van der Waals surface area contributed by atoms with Crippen molar-refractivity contribution in [1.82, 2.24) is 0 Å². The van der Waals surface area contributed by atoms with Gasteiger partial charge < -0.3 is 15.2 Å². The number of nitrogens with two attached hydrogens (primary N) is 1. The van der Waals surface area contributed by atoms with Gasteiger partial charge in [0, 0.05) is 12.0 Å². The molecule has 2 rings (SSSR count). The van der Waals surface area contributed by atoms with Gasteiger partial charge in [0.1, 0.15) is 11.5 Å². The van der Waals surface area contributed by atoms with Crippen molar-refractivity contribution < 1.29 is 9.47 Å². The molecule has 1 atom stereocenters. The SMILES string of the molecule is COc1cccc(OCC(CN)C2CCCCC2)c1. The molecular weight excluding hydrogens is 238 g/mol. The van der Waals surface area contributed by atoms with Gasteiger partial charge >= 0.3 is 0 Å². The summed E-state index contributed by atoms with van der Waals surface area (Å²) in [7, 11) is 1.67. The lowest BCUT2D eigenvalue weighted by Gasteiger charge is -2.29. The first-order valence-corrected chi connectivity index (χ1v) is 7.30. The van der Waals surface area contributed by atoms with Gasteiger partial charge in [-0.2, -0.15) is 0 Å². The summed E-state index contributed by atoms with van der Waals surface area (Å²) < 4.78 is 11.1. The quantitative estimate of drug-likeness (QED) is 0.857. The largest absolute Gasteiger partial charge is 0.497 e. The Hall–Kier alpha value is -1.22. The van der Waals surface area contributed by atoms with E-state index in [1.54, 1.807) is 7.11 Å². The summed E-state index contributed by atoms with van der Waals surface area (Å²) >= 11 is 0. The highest BCUT2D eigenvalue weighted by Crippen LogP contribution is 2.30. The molecule has 1 unspecified atom stereocenters. The summed E-state index contributed by atoms with van der Waals surface area (Å²) in [6.45, 7) is 1.43. The van der Waals surface area contributed by atoms with Crippen LogP contribution in [0.2, 0.25) is 0 Å². The molecule has 1 aromatic carbocycles. The molecule has 0 spiro atoms. The van der Waals surface area contributed by atoms with E-state index in [9.17, 15) is 0 Å². The minimum atomic E-state index is 0.478. The third-order valence-electron chi connectivity index (χ3n) is 4.12. The third kappa shape index (κ3) is 4.13. The second-order valence-electron chi connectivity index (χ2n) is 5.38. The fraction of sp³-hybridized carbons (Fsp3) is 0.625. The van der Waals surface area contributed by atoms with Crippen LogP contribution in [0, 0.1) is 11.8 Å². The normalized spacial score (nSPS) is 18.0. The summed E-state index contributed by atoms with van der Waals surface area (Å²) in [6, 6.07) is 7.77. The molecule has 19 heavy (non-hydrogen) atoms. The molecule has 0 aliphatic heterocycles. The lowest BCUT2D eigenvalue weighted by Crippen LogP contribution is -2.30. The smallest absolute Gasteiger partial charge is 0.122 e. The van der Waals surface area contributed by atoms with Gasteiger partial charge in [0.05, 0.1) is 13.7 Å². The van der Waals surface area contributed by atoms with Crippen molar-refractivity contribution in [2.24, 2.45) is 17.6 Å². The standard InChI is InChI=1S/C16H25NO2/c1-18-15-8-5-9-16(10-15)19-12-14(11-17)13-6-3-2-4-7-13/h5,8-10,13-14H,2-4,6-7,11-12,17H2,1H3. The molecule has 0 amide bonds. The van der Waals surface area contributed by atoms with Crippen LogP contribution in [0.5, 0.6) is 11.5 Å². The van der Waals surface area contributed by atoms with Gasteiger partial charge in [-0.05, 0) is 24.6 Å². The second kappa shape index (κ2) is 7.39. The molecule has 0 aromatic heterocycles. The third-order valence-corrected chi connectivity index (χ3v) is 4.12. The number of ether oxygens (including phenoxy) is 2. The molecule has 1 fully saturated rings. The maximum atomic E-state index is 5.92. The maximum Gasteiger partial charge on any atom is 0.122 e. The van der Waals surface area contributed by atoms with Crippen molar-refractivity contribution in [3.63, 3.8) is 0 Å². The number of methoxy groups -OCH3 is 1. The number of hydrogen-bond acceptors (Lipinski definition) is 3. The minimum absolute atomic E-state index is 0.478. The number of hydrogen-bond donors (Lipinski definition) is 1. The molecular formula is C16H25NO2. The van der Waals surface area contributed by atoms with E-state index in [0.29, 0.717) is 19.1 Å². The van der Waals surface area contributed by atoms with E-state index in [1.165, 1.54) is 32.1 Å². The summed E-state index contributed by atoms with van der Waals surface area (Å²) in [4.78, 5) is 0. The zero-order valence-electron chi connectivity index (χ0n) is 11.8. The van der Waals surface area contributed by atoms with Crippen LogP contribution in [0.15, 0.2) is 24.3 Å². The first kappa shape index (κ1) is 14.2. The van der Waals surface area contributed by atoms with Crippen LogP contribution in [0.4, 0.5) is 0 Å². The summed E-state index contributed by atoms with van der Waals surface area (Å²) in [5, 5.41) is 0. The van der Waals surface area contributed by atoms with Crippen LogP contribution in [0.1, 0.15) is 32.1 Å². The van der Waals surface area contributed by atoms with Gasteiger partial charge in [0.25, 0.3) is 0 Å². The van der Waals surface area contributed by atoms with Crippen LogP contribution in [0.3, 0.4) is 0 Å². The van der Waals surface area contributed by atoms with Crippen molar-refractivity contribution in [3.05, 3.63) is 24.3 Å². The molecule has 0 heterocycles. The van der Waals surface area contributed by atoms with E-state index in [-0.39, 0.29) is 0 Å². The molecule has 106 valence electrons. The summed E-state index contributed by atoms with van der Waals surface area (Å²) in [5.74, 6) is 2.92. The van der Waals surface area contributed by atoms with Crippen molar-refractivity contribution in [1.29, 1.82) is 0 Å². The Bertz CT molecular complexity index is 375. The number of benzene rings is 1. The molecule has 0 bridgehead atoms. The monoisotopic (exact) mass is 263 g/mol. The highest BCUT2D eigenvalue weighted by atomic mass is 16.5. The average molecular weight is 263 g/mol. The van der Waals surface area contributed by atoms with Crippen LogP contribution in [0.25, 0.3) is 0 Å². The predicted molar refractivity (Wildman–Crippen MR) is 77.6 cm³/mol. The average Bonchev–Trinajstić information content (AvgIpc) is 2.49. The fourth-order valence-corrected chi connectivity index (χ4v) is 2.90. The Morgan fingerprint density at radius 1 is 1.21 bits per heavy atom. The fourth-order valence-electron chi connectivity index (χ4n) is 2.90. The lowest BCUT2D eigenvalue weighted by atomic mass is 9.80. The van der Waals surface area contributed by atoms with Crippen molar-refractivity contribution in [3.8, 4) is 11.5 Å². The van der Waals surface area contributed by atoms with E-state index in [1.807, 2.05) is 24.3 Å². The van der Waals surface area contributed by atoms with Gasteiger partial charge in [-0.1, -0.05) is 38.2 Å². The van der Waals surface area contributed by atoms with Crippen molar-refractivity contribution in [2.45, 2.75) is 32.1 Å². The predicted octanol–water partition coefficient (Wildman–Crippen LogP) is 3.23. The van der Waals surface area contributed by atoms with Gasteiger partial charge in [-0.25, -0.2) is 0 Å². The Kier molecular flexibility index (Phi) is 5.52. The molecule has 1 aliphatic rings. The molecule has 1 aromatic rings. The van der Waals surface area contributed by atoms with Crippen LogP contribution >= 0.6 is 0 Å². The molecule has 0 saturated heterocycles. The van der Waals surface area contributed by atoms with Crippen molar-refractivity contribution >= 4 is 0 Å². The minimum Gasteiger partial charge on any atom is -0.497 e. The Balaban J connectivity index is 1.87. The van der Waals surface area contributed by atoms with Crippen molar-refractivity contribution in [2.75, 3.05) is 20.3 Å². The van der Waals surface area contributed by atoms with Crippen LogP contribution in [-0.4, -0.2) is 20.3 Å². The van der Waals surface area contributed by atoms with Gasteiger partial charge in [-0.3, -0.25) is 0 Å². The Morgan fingerprint density at radius 2 is 1.95 bits per heavy atom. The van der Waals surface area contributed by atoms with E-state index in [4.69, 9.17) is 15.2 Å². The highest BCUT2D eigenvalue weighted by molar-refractivity contribution is 5.32. The topological polar surface area (TPSA) is 44.5 Å². The highest BCUT2D eigenvalue weighted by Gasteiger charge is 2.23. The van der Waals surface area contributed by atoms with Crippen LogP contribution in [-0.2, 0) is 0 Å². The van der Waals surface area contributed by atoms with E-state index >= 15 is 0 Å². The molecule has 1 aliphatic carbocycles.